The van der Waals surface area contributed by atoms with Crippen LogP contribution in [-0.4, -0.2) is 21.7 Å². The van der Waals surface area contributed by atoms with Crippen molar-refractivity contribution in [1.82, 2.24) is 4.98 Å². The largest absolute Gasteiger partial charge is 0.689 e. The Kier molecular flexibility index (Phi) is 3.46. The first-order chi connectivity index (χ1) is 11.2. The zero-order valence-corrected chi connectivity index (χ0v) is 20.0. The van der Waals surface area contributed by atoms with Gasteiger partial charge in [0.05, 0.1) is 10.4 Å². The van der Waals surface area contributed by atoms with Crippen molar-refractivity contribution in [2.45, 2.75) is 12.8 Å². The molecule has 0 spiro atoms. The summed E-state index contributed by atoms with van der Waals surface area (Å²) < 4.78 is 0.844. The van der Waals surface area contributed by atoms with E-state index in [1.54, 1.807) is 24.5 Å². The second-order valence-electron chi connectivity index (χ2n) is 5.43. The van der Waals surface area contributed by atoms with E-state index in [9.17, 15) is 4.79 Å². The van der Waals surface area contributed by atoms with Crippen LogP contribution in [-0.2, 0) is 6.42 Å². The number of pyridine rings is 1. The van der Waals surface area contributed by atoms with E-state index in [4.69, 9.17) is 10.9 Å². The number of carbonyl (C=O) groups is 1. The number of thiophene rings is 1. The molecule has 24 heavy (non-hydrogen) atoms. The molecule has 0 radical (unpaired) electrons. The third kappa shape index (κ3) is 2.07. The number of rotatable bonds is 2. The van der Waals surface area contributed by atoms with Gasteiger partial charge in [0.15, 0.2) is 5.78 Å². The van der Waals surface area contributed by atoms with Crippen LogP contribution in [0.5, 0.6) is 0 Å². The molecule has 7 heteroatoms. The number of ketones is 1. The first-order valence-corrected chi connectivity index (χ1v) is 7.97. The quantitative estimate of drug-likeness (QED) is 0.274. The summed E-state index contributed by atoms with van der Waals surface area (Å²) in [6.07, 6.45) is 4.76. The molecule has 0 saturated heterocycles. The van der Waals surface area contributed by atoms with Gasteiger partial charge in [0.1, 0.15) is 0 Å². The summed E-state index contributed by atoms with van der Waals surface area (Å²) >= 11 is 1.26. The number of hydrogen-bond donors (Lipinski definition) is 1. The van der Waals surface area contributed by atoms with E-state index >= 15 is 0 Å². The fraction of sp³-hybridized carbons (Fsp3) is 0.118. The molecule has 2 N–H and O–H groups in total. The van der Waals surface area contributed by atoms with Crippen LogP contribution in [0, 0.1) is 0 Å². The second kappa shape index (κ2) is 5.48. The Morgan fingerprint density at radius 1 is 1.29 bits per heavy atom. The molecule has 4 rings (SSSR count). The molecule has 0 aliphatic heterocycles. The minimum Gasteiger partial charge on any atom is -0.689 e. The van der Waals surface area contributed by atoms with Crippen LogP contribution >= 0.6 is 11.3 Å². The monoisotopic (exact) mass is 589 g/mol. The molecule has 0 unspecified atom stereocenters. The molecule has 116 valence electrons. The molecule has 0 saturated carbocycles. The van der Waals surface area contributed by atoms with E-state index in [2.05, 4.69) is 10.1 Å². The normalized spacial score (nSPS) is 14.6. The molecule has 2 heterocycles. The number of benzene rings is 1. The number of aryl methyl sites for hydroxylation is 1. The number of aromatic nitrogens is 1. The van der Waals surface area contributed by atoms with E-state index in [0.29, 0.717) is 23.3 Å². The van der Waals surface area contributed by atoms with Crippen molar-refractivity contribution >= 4 is 37.9 Å². The SMILES string of the molecule is [NH-]c1sc2cnccc2c1C(=O)c1ccc2c(c1)CC/C2=N\O.[Rf]. The van der Waals surface area contributed by atoms with Crippen LogP contribution in [0.3, 0.4) is 0 Å². The Labute approximate surface area is 136 Å². The molecule has 0 amide bonds. The fourth-order valence-corrected chi connectivity index (χ4v) is 3.95. The molecular weight excluding hydrogens is 577 g/mol. The Morgan fingerprint density at radius 3 is 2.92 bits per heavy atom. The van der Waals surface area contributed by atoms with Gasteiger partial charge in [-0.05, 0) is 30.5 Å². The van der Waals surface area contributed by atoms with E-state index in [0.717, 1.165) is 27.6 Å². The van der Waals surface area contributed by atoms with Gasteiger partial charge in [-0.2, -0.15) is 11.3 Å². The van der Waals surface area contributed by atoms with E-state index in [1.165, 1.54) is 11.3 Å². The standard InChI is InChI=1S/C17H13N3O2S.Rf/c18-17-15(12-5-6-19-8-14(12)23-17)16(21)10-1-3-11-9(7-10)2-4-13(11)20-22;/h1,3,5-8H,2,4H2,(H3,18,19,21,22);/p-1. The topological polar surface area (TPSA) is 86.4 Å². The Bertz CT molecular complexity index is 981. The van der Waals surface area contributed by atoms with Gasteiger partial charge in [-0.3, -0.25) is 9.78 Å². The molecular formula is C17H12N3O2RfS-. The van der Waals surface area contributed by atoms with Gasteiger partial charge < -0.3 is 10.9 Å². The number of fused-ring (bicyclic) bond motifs is 2. The number of nitrogens with one attached hydrogen (secondary N) is 1. The maximum absolute atomic E-state index is 12.9. The van der Waals surface area contributed by atoms with Crippen molar-refractivity contribution < 1.29 is 10.0 Å². The van der Waals surface area contributed by atoms with Crippen molar-refractivity contribution in [3.63, 3.8) is 0 Å². The first kappa shape index (κ1) is 15.2. The predicted octanol–water partition coefficient (Wildman–Crippen LogP) is 4.34. The zero-order chi connectivity index (χ0) is 16.0. The van der Waals surface area contributed by atoms with Crippen LogP contribution in [0.2, 0.25) is 0 Å². The Hall–Kier alpha value is -3.73. The minimum atomic E-state index is -0.148. The molecule has 1 aliphatic carbocycles. The average Bonchev–Trinajstić information content (AvgIpc) is 3.13. The second-order valence-corrected chi connectivity index (χ2v) is 6.48. The summed E-state index contributed by atoms with van der Waals surface area (Å²) in [5, 5.41) is 13.3. The van der Waals surface area contributed by atoms with Crippen LogP contribution < -0.4 is 0 Å². The van der Waals surface area contributed by atoms with Gasteiger partial charge in [-0.15, -0.1) is 0 Å². The van der Waals surface area contributed by atoms with Crippen molar-refractivity contribution in [3.05, 3.63) is 64.6 Å². The smallest absolute Gasteiger partial charge is 0.193 e. The number of oxime groups is 1. The van der Waals surface area contributed by atoms with Gasteiger partial charge in [-0.25, -0.2) is 0 Å². The van der Waals surface area contributed by atoms with Gasteiger partial charge in [0.2, 0.25) is 0 Å². The summed E-state index contributed by atoms with van der Waals surface area (Å²) in [6.45, 7) is 0. The average molecular weight is 589 g/mol. The summed E-state index contributed by atoms with van der Waals surface area (Å²) in [5.74, 6) is -0.148. The molecule has 3 aromatic rings. The molecule has 0 fully saturated rings. The van der Waals surface area contributed by atoms with Crippen molar-refractivity contribution in [2.24, 2.45) is 5.16 Å². The van der Waals surface area contributed by atoms with Crippen LogP contribution in [0.1, 0.15) is 33.5 Å². The summed E-state index contributed by atoms with van der Waals surface area (Å²) in [7, 11) is 0. The first-order valence-electron chi connectivity index (χ1n) is 7.16. The summed E-state index contributed by atoms with van der Waals surface area (Å²) in [6, 6.07) is 7.19. The van der Waals surface area contributed by atoms with Gasteiger partial charge >= 0.3 is 0 Å². The minimum absolute atomic E-state index is 0. The van der Waals surface area contributed by atoms with E-state index in [-0.39, 0.29) is 10.8 Å². The molecule has 0 atom stereocenters. The number of carbonyl (C=O) groups excluding carboxylic acids is 1. The Balaban J connectivity index is 0.00000169. The molecule has 5 nitrogen and oxygen atoms in total. The molecule has 1 aromatic carbocycles. The van der Waals surface area contributed by atoms with Crippen LogP contribution in [0.15, 0.2) is 41.8 Å². The van der Waals surface area contributed by atoms with Crippen molar-refractivity contribution in [2.75, 3.05) is 0 Å². The predicted molar refractivity (Wildman–Crippen MR) is 90.1 cm³/mol. The van der Waals surface area contributed by atoms with Crippen molar-refractivity contribution in [3.8, 4) is 0 Å². The third-order valence-electron chi connectivity index (χ3n) is 4.15. The third-order valence-corrected chi connectivity index (χ3v) is 5.10. The summed E-state index contributed by atoms with van der Waals surface area (Å²) in [5.41, 5.74) is 11.7. The van der Waals surface area contributed by atoms with Crippen LogP contribution in [0.4, 0.5) is 5.00 Å². The maximum atomic E-state index is 12.9. The van der Waals surface area contributed by atoms with Crippen LogP contribution in [0.25, 0.3) is 15.8 Å². The number of nitrogens with zero attached hydrogens (tertiary/aromatic N) is 2. The van der Waals surface area contributed by atoms with Gasteiger partial charge in [0.25, 0.3) is 0 Å². The summed E-state index contributed by atoms with van der Waals surface area (Å²) in [4.78, 5) is 16.9. The molecule has 1 aliphatic rings. The molecule has 2 aromatic heterocycles. The van der Waals surface area contributed by atoms with E-state index < -0.39 is 0 Å². The fourth-order valence-electron chi connectivity index (χ4n) is 3.04. The number of hydrogen-bond acceptors (Lipinski definition) is 5. The van der Waals surface area contributed by atoms with E-state index in [1.807, 2.05) is 12.1 Å². The van der Waals surface area contributed by atoms with Crippen molar-refractivity contribution in [1.29, 1.82) is 0 Å². The zero-order valence-electron chi connectivity index (χ0n) is 12.7. The molecule has 0 bridgehead atoms. The van der Waals surface area contributed by atoms with Gasteiger partial charge in [0, 0.05) is 34.5 Å². The Morgan fingerprint density at radius 2 is 2.12 bits per heavy atom. The van der Waals surface area contributed by atoms with Gasteiger partial charge in [-0.1, -0.05) is 22.3 Å². The maximum Gasteiger partial charge on any atom is 0.193 e.